The van der Waals surface area contributed by atoms with Crippen LogP contribution in [0.3, 0.4) is 0 Å². The van der Waals surface area contributed by atoms with E-state index in [0.717, 1.165) is 18.6 Å². The summed E-state index contributed by atoms with van der Waals surface area (Å²) in [5, 5.41) is 0. The molecular weight excluding hydrogens is 268 g/mol. The summed E-state index contributed by atoms with van der Waals surface area (Å²) < 4.78 is 5.46. The SMILES string of the molecule is CCOc1ccc(C(Cc2ccc(CC)s2)NN)cc1. The molecule has 0 aliphatic heterocycles. The van der Waals surface area contributed by atoms with E-state index < -0.39 is 0 Å². The Kier molecular flexibility index (Phi) is 5.59. The standard InChI is InChI=1S/C16H22N2OS/c1-3-14-9-10-15(20-14)11-16(18-17)12-5-7-13(8-6-12)19-4-2/h5-10,16,18H,3-4,11,17H2,1-2H3. The Balaban J connectivity index is 2.07. The van der Waals surface area contributed by atoms with Crippen molar-refractivity contribution in [3.63, 3.8) is 0 Å². The largest absolute Gasteiger partial charge is 0.494 e. The molecule has 3 nitrogen and oxygen atoms in total. The van der Waals surface area contributed by atoms with Crippen molar-refractivity contribution < 1.29 is 4.74 Å². The normalized spacial score (nSPS) is 12.3. The molecule has 0 radical (unpaired) electrons. The molecule has 4 heteroatoms. The van der Waals surface area contributed by atoms with Gasteiger partial charge in [-0.2, -0.15) is 0 Å². The first-order valence-electron chi connectivity index (χ1n) is 7.03. The van der Waals surface area contributed by atoms with Gasteiger partial charge in [-0.05, 0) is 43.2 Å². The maximum atomic E-state index is 5.71. The Bertz CT molecular complexity index is 522. The van der Waals surface area contributed by atoms with Crippen molar-refractivity contribution in [3.05, 3.63) is 51.7 Å². The number of aryl methyl sites for hydroxylation is 1. The van der Waals surface area contributed by atoms with Gasteiger partial charge in [-0.3, -0.25) is 11.3 Å². The van der Waals surface area contributed by atoms with Crippen LogP contribution in [-0.4, -0.2) is 6.61 Å². The highest BCUT2D eigenvalue weighted by Crippen LogP contribution is 2.25. The Morgan fingerprint density at radius 2 is 1.80 bits per heavy atom. The van der Waals surface area contributed by atoms with E-state index in [1.54, 1.807) is 0 Å². The number of hydrazine groups is 1. The monoisotopic (exact) mass is 290 g/mol. The van der Waals surface area contributed by atoms with Gasteiger partial charge in [0.2, 0.25) is 0 Å². The molecule has 0 saturated heterocycles. The van der Waals surface area contributed by atoms with Crippen molar-refractivity contribution in [2.24, 2.45) is 5.84 Å². The molecule has 20 heavy (non-hydrogen) atoms. The fourth-order valence-electron chi connectivity index (χ4n) is 2.16. The third-order valence-corrected chi connectivity index (χ3v) is 4.52. The fraction of sp³-hybridized carbons (Fsp3) is 0.375. The van der Waals surface area contributed by atoms with E-state index in [4.69, 9.17) is 10.6 Å². The Morgan fingerprint density at radius 1 is 1.10 bits per heavy atom. The minimum Gasteiger partial charge on any atom is -0.494 e. The highest BCUT2D eigenvalue weighted by molar-refractivity contribution is 7.11. The number of ether oxygens (including phenoxy) is 1. The van der Waals surface area contributed by atoms with E-state index in [1.807, 2.05) is 30.4 Å². The highest BCUT2D eigenvalue weighted by Gasteiger charge is 2.12. The van der Waals surface area contributed by atoms with E-state index in [9.17, 15) is 0 Å². The van der Waals surface area contributed by atoms with Gasteiger partial charge in [0.1, 0.15) is 5.75 Å². The minimum atomic E-state index is 0.133. The molecule has 0 bridgehead atoms. The van der Waals surface area contributed by atoms with E-state index >= 15 is 0 Å². The summed E-state index contributed by atoms with van der Waals surface area (Å²) in [7, 11) is 0. The quantitative estimate of drug-likeness (QED) is 0.606. The molecular formula is C16H22N2OS. The lowest BCUT2D eigenvalue weighted by atomic mass is 10.0. The van der Waals surface area contributed by atoms with Crippen molar-refractivity contribution in [3.8, 4) is 5.75 Å². The average Bonchev–Trinajstić information content (AvgIpc) is 2.94. The number of nitrogens with two attached hydrogens (primary N) is 1. The lowest BCUT2D eigenvalue weighted by Crippen LogP contribution is -2.29. The molecule has 1 aromatic carbocycles. The van der Waals surface area contributed by atoms with Gasteiger partial charge in [-0.1, -0.05) is 19.1 Å². The van der Waals surface area contributed by atoms with Crippen LogP contribution in [0.2, 0.25) is 0 Å². The number of hydrogen-bond acceptors (Lipinski definition) is 4. The van der Waals surface area contributed by atoms with Crippen molar-refractivity contribution >= 4 is 11.3 Å². The summed E-state index contributed by atoms with van der Waals surface area (Å²) in [5.74, 6) is 6.61. The molecule has 0 amide bonds. The third-order valence-electron chi connectivity index (χ3n) is 3.27. The van der Waals surface area contributed by atoms with Gasteiger partial charge in [-0.15, -0.1) is 11.3 Å². The zero-order valence-corrected chi connectivity index (χ0v) is 12.9. The maximum absolute atomic E-state index is 5.71. The molecule has 0 fully saturated rings. The van der Waals surface area contributed by atoms with E-state index in [0.29, 0.717) is 6.61 Å². The highest BCUT2D eigenvalue weighted by atomic mass is 32.1. The second-order valence-electron chi connectivity index (χ2n) is 4.65. The molecule has 108 valence electrons. The molecule has 1 atom stereocenters. The smallest absolute Gasteiger partial charge is 0.119 e. The summed E-state index contributed by atoms with van der Waals surface area (Å²) in [4.78, 5) is 2.78. The van der Waals surface area contributed by atoms with Crippen molar-refractivity contribution in [2.75, 3.05) is 6.61 Å². The van der Waals surface area contributed by atoms with E-state index in [1.165, 1.54) is 15.3 Å². The summed E-state index contributed by atoms with van der Waals surface area (Å²) in [6.45, 7) is 4.86. The lowest BCUT2D eigenvalue weighted by Gasteiger charge is -2.16. The summed E-state index contributed by atoms with van der Waals surface area (Å²) in [6, 6.07) is 12.7. The van der Waals surface area contributed by atoms with Crippen LogP contribution in [-0.2, 0) is 12.8 Å². The van der Waals surface area contributed by atoms with Crippen molar-refractivity contribution in [1.82, 2.24) is 5.43 Å². The summed E-state index contributed by atoms with van der Waals surface area (Å²) in [6.07, 6.45) is 2.00. The van der Waals surface area contributed by atoms with Crippen molar-refractivity contribution in [2.45, 2.75) is 32.7 Å². The second-order valence-corrected chi connectivity index (χ2v) is 5.90. The molecule has 1 unspecified atom stereocenters. The number of hydrogen-bond donors (Lipinski definition) is 2. The number of rotatable bonds is 7. The van der Waals surface area contributed by atoms with Crippen LogP contribution in [0.1, 0.15) is 35.2 Å². The van der Waals surface area contributed by atoms with Crippen molar-refractivity contribution in [1.29, 1.82) is 0 Å². The van der Waals surface area contributed by atoms with E-state index in [-0.39, 0.29) is 6.04 Å². The molecule has 0 saturated carbocycles. The summed E-state index contributed by atoms with van der Waals surface area (Å²) >= 11 is 1.86. The zero-order valence-electron chi connectivity index (χ0n) is 12.1. The molecule has 1 aromatic heterocycles. The zero-order chi connectivity index (χ0) is 14.4. The molecule has 2 rings (SSSR count). The topological polar surface area (TPSA) is 47.3 Å². The third kappa shape index (κ3) is 3.82. The van der Waals surface area contributed by atoms with Crippen LogP contribution in [0.25, 0.3) is 0 Å². The lowest BCUT2D eigenvalue weighted by molar-refractivity contribution is 0.340. The predicted molar refractivity (Wildman–Crippen MR) is 85.1 cm³/mol. The molecule has 1 heterocycles. The Hall–Kier alpha value is -1.36. The molecule has 3 N–H and O–H groups in total. The Labute approximate surface area is 124 Å². The van der Waals surface area contributed by atoms with Crippen LogP contribution in [0.4, 0.5) is 0 Å². The van der Waals surface area contributed by atoms with Crippen LogP contribution in [0.15, 0.2) is 36.4 Å². The van der Waals surface area contributed by atoms with Crippen LogP contribution < -0.4 is 16.0 Å². The molecule has 0 aliphatic carbocycles. The molecule has 0 aliphatic rings. The van der Waals surface area contributed by atoms with E-state index in [2.05, 4.69) is 36.6 Å². The van der Waals surface area contributed by atoms with Gasteiger partial charge in [0.15, 0.2) is 0 Å². The average molecular weight is 290 g/mol. The van der Waals surface area contributed by atoms with Gasteiger partial charge in [0.05, 0.1) is 12.6 Å². The first-order valence-corrected chi connectivity index (χ1v) is 7.85. The summed E-state index contributed by atoms with van der Waals surface area (Å²) in [5.41, 5.74) is 4.09. The number of thiophene rings is 1. The van der Waals surface area contributed by atoms with Gasteiger partial charge in [0, 0.05) is 16.2 Å². The second kappa shape index (κ2) is 7.43. The number of nitrogens with one attached hydrogen (secondary N) is 1. The fourth-order valence-corrected chi connectivity index (χ4v) is 3.16. The van der Waals surface area contributed by atoms with Gasteiger partial charge >= 0.3 is 0 Å². The first kappa shape index (κ1) is 15.0. The van der Waals surface area contributed by atoms with Crippen LogP contribution in [0.5, 0.6) is 5.75 Å². The Morgan fingerprint density at radius 3 is 2.35 bits per heavy atom. The molecule has 0 spiro atoms. The number of benzene rings is 1. The minimum absolute atomic E-state index is 0.133. The maximum Gasteiger partial charge on any atom is 0.119 e. The van der Waals surface area contributed by atoms with Crippen LogP contribution >= 0.6 is 11.3 Å². The predicted octanol–water partition coefficient (Wildman–Crippen LogP) is 3.46. The van der Waals surface area contributed by atoms with Gasteiger partial charge < -0.3 is 4.74 Å². The van der Waals surface area contributed by atoms with Crippen LogP contribution in [0, 0.1) is 0 Å². The van der Waals surface area contributed by atoms with Gasteiger partial charge in [-0.25, -0.2) is 0 Å². The molecule has 2 aromatic rings. The first-order chi connectivity index (χ1) is 9.76. The van der Waals surface area contributed by atoms with Gasteiger partial charge in [0.25, 0.3) is 0 Å².